The maximum absolute atomic E-state index is 12.7. The van der Waals surface area contributed by atoms with Gasteiger partial charge >= 0.3 is 0 Å². The number of amides is 3. The molecule has 0 saturated carbocycles. The molecule has 0 aliphatic carbocycles. The van der Waals surface area contributed by atoms with Crippen LogP contribution in [0.1, 0.15) is 29.6 Å². The van der Waals surface area contributed by atoms with E-state index in [0.29, 0.717) is 30.2 Å². The van der Waals surface area contributed by atoms with Crippen LogP contribution in [0.15, 0.2) is 42.5 Å². The number of ether oxygens (including phenoxy) is 1. The third kappa shape index (κ3) is 4.53. The fraction of sp³-hybridized carbons (Fsp3) is 0.318. The van der Waals surface area contributed by atoms with Crippen molar-refractivity contribution < 1.29 is 24.0 Å². The van der Waals surface area contributed by atoms with Crippen LogP contribution in [0.5, 0.6) is 5.75 Å². The van der Waals surface area contributed by atoms with Crippen LogP contribution in [0.4, 0.5) is 17.1 Å². The molecule has 2 aromatic carbocycles. The lowest BCUT2D eigenvalue weighted by Crippen LogP contribution is -2.47. The van der Waals surface area contributed by atoms with Crippen LogP contribution in [0.25, 0.3) is 0 Å². The van der Waals surface area contributed by atoms with Crippen LogP contribution in [0, 0.1) is 10.1 Å². The van der Waals surface area contributed by atoms with E-state index >= 15 is 0 Å². The molecule has 1 saturated heterocycles. The summed E-state index contributed by atoms with van der Waals surface area (Å²) in [6.07, 6.45) is 3.01. The number of nitro groups is 1. The molecule has 2 heterocycles. The molecule has 10 heteroatoms. The van der Waals surface area contributed by atoms with Crippen LogP contribution < -0.4 is 15.0 Å². The minimum atomic E-state index is -0.540. The zero-order chi connectivity index (χ0) is 22.7. The Kier molecular flexibility index (Phi) is 6.02. The number of nitrogens with zero attached hydrogens (tertiary/aromatic N) is 3. The minimum absolute atomic E-state index is 0.0883. The van der Waals surface area contributed by atoms with Gasteiger partial charge in [-0.25, -0.2) is 0 Å². The van der Waals surface area contributed by atoms with Crippen LogP contribution in [-0.2, 0) is 9.59 Å². The number of nitro benzene ring substituents is 1. The first-order chi connectivity index (χ1) is 15.4. The predicted octanol–water partition coefficient (Wildman–Crippen LogP) is 2.59. The van der Waals surface area contributed by atoms with E-state index in [4.69, 9.17) is 4.74 Å². The molecule has 4 rings (SSSR count). The lowest BCUT2D eigenvalue weighted by molar-refractivity contribution is -0.384. The van der Waals surface area contributed by atoms with Crippen molar-refractivity contribution in [3.05, 3.63) is 58.1 Å². The number of carbonyl (C=O) groups is 3. The molecule has 0 spiro atoms. The summed E-state index contributed by atoms with van der Waals surface area (Å²) in [6.45, 7) is 1.13. The van der Waals surface area contributed by atoms with E-state index in [-0.39, 0.29) is 36.2 Å². The first-order valence-corrected chi connectivity index (χ1v) is 10.3. The second-order valence-corrected chi connectivity index (χ2v) is 7.65. The van der Waals surface area contributed by atoms with Gasteiger partial charge in [0.1, 0.15) is 12.3 Å². The Balaban J connectivity index is 1.51. The highest BCUT2D eigenvalue weighted by Gasteiger charge is 2.29. The van der Waals surface area contributed by atoms with Crippen molar-refractivity contribution in [2.75, 3.05) is 36.5 Å². The van der Waals surface area contributed by atoms with E-state index in [1.807, 2.05) is 0 Å². The Hall–Kier alpha value is -3.95. The molecule has 2 aliphatic heterocycles. The molecule has 166 valence electrons. The standard InChI is InChI=1S/C22H22N4O6/c27-20(24-10-2-1-3-11-24)13-25-18-12-16(6-9-19(18)32-14-21(25)28)23-22(29)15-4-7-17(8-5-15)26(30)31/h4-9,12H,1-3,10-11,13-14H2,(H,23,29). The monoisotopic (exact) mass is 438 g/mol. The summed E-state index contributed by atoms with van der Waals surface area (Å²) in [7, 11) is 0. The zero-order valence-corrected chi connectivity index (χ0v) is 17.3. The molecule has 0 aromatic heterocycles. The van der Waals surface area contributed by atoms with Crippen molar-refractivity contribution in [1.29, 1.82) is 0 Å². The van der Waals surface area contributed by atoms with E-state index in [1.54, 1.807) is 23.1 Å². The van der Waals surface area contributed by atoms with Crippen molar-refractivity contribution in [3.63, 3.8) is 0 Å². The Morgan fingerprint density at radius 3 is 2.47 bits per heavy atom. The minimum Gasteiger partial charge on any atom is -0.482 e. The first-order valence-electron chi connectivity index (χ1n) is 10.3. The summed E-state index contributed by atoms with van der Waals surface area (Å²) in [5.41, 5.74) is 0.951. The number of nitrogens with one attached hydrogen (secondary N) is 1. The predicted molar refractivity (Wildman–Crippen MR) is 116 cm³/mol. The van der Waals surface area contributed by atoms with E-state index in [2.05, 4.69) is 5.32 Å². The number of anilines is 2. The lowest BCUT2D eigenvalue weighted by Gasteiger charge is -2.33. The van der Waals surface area contributed by atoms with Crippen molar-refractivity contribution in [3.8, 4) is 5.75 Å². The number of piperidine rings is 1. The van der Waals surface area contributed by atoms with Crippen LogP contribution in [0.3, 0.4) is 0 Å². The highest BCUT2D eigenvalue weighted by atomic mass is 16.6. The quantitative estimate of drug-likeness (QED) is 0.566. The Morgan fingerprint density at radius 1 is 1.06 bits per heavy atom. The Bertz CT molecular complexity index is 1060. The van der Waals surface area contributed by atoms with Gasteiger partial charge in [-0.1, -0.05) is 0 Å². The van der Waals surface area contributed by atoms with Crippen molar-refractivity contribution in [2.24, 2.45) is 0 Å². The molecule has 32 heavy (non-hydrogen) atoms. The summed E-state index contributed by atoms with van der Waals surface area (Å²) < 4.78 is 5.48. The molecule has 3 amide bonds. The molecule has 0 atom stereocenters. The van der Waals surface area contributed by atoms with Gasteiger partial charge in [0.15, 0.2) is 6.61 Å². The molecule has 2 aromatic rings. The van der Waals surface area contributed by atoms with Gasteiger partial charge in [0, 0.05) is 36.5 Å². The zero-order valence-electron chi connectivity index (χ0n) is 17.3. The third-order valence-corrected chi connectivity index (χ3v) is 5.50. The number of carbonyl (C=O) groups excluding carboxylic acids is 3. The fourth-order valence-electron chi connectivity index (χ4n) is 3.77. The maximum atomic E-state index is 12.7. The lowest BCUT2D eigenvalue weighted by atomic mass is 10.1. The maximum Gasteiger partial charge on any atom is 0.269 e. The van der Waals surface area contributed by atoms with Crippen molar-refractivity contribution in [1.82, 2.24) is 4.90 Å². The van der Waals surface area contributed by atoms with E-state index < -0.39 is 10.8 Å². The molecule has 1 fully saturated rings. The van der Waals surface area contributed by atoms with Crippen LogP contribution in [-0.4, -0.2) is 53.8 Å². The van der Waals surface area contributed by atoms with Gasteiger partial charge in [-0.2, -0.15) is 0 Å². The number of hydrogen-bond acceptors (Lipinski definition) is 6. The van der Waals surface area contributed by atoms with Gasteiger partial charge in [-0.05, 0) is 49.6 Å². The largest absolute Gasteiger partial charge is 0.482 e. The van der Waals surface area contributed by atoms with Crippen molar-refractivity contribution >= 4 is 34.8 Å². The number of non-ortho nitro benzene ring substituents is 1. The molecule has 0 bridgehead atoms. The van der Waals surface area contributed by atoms with Gasteiger partial charge in [0.25, 0.3) is 17.5 Å². The van der Waals surface area contributed by atoms with Gasteiger partial charge < -0.3 is 15.0 Å². The number of benzene rings is 2. The number of fused-ring (bicyclic) bond motifs is 1. The smallest absolute Gasteiger partial charge is 0.269 e. The molecule has 0 unspecified atom stereocenters. The number of likely N-dealkylation sites (tertiary alicyclic amines) is 1. The van der Waals surface area contributed by atoms with Gasteiger partial charge in [-0.15, -0.1) is 0 Å². The van der Waals surface area contributed by atoms with Gasteiger partial charge in [0.05, 0.1) is 10.6 Å². The SMILES string of the molecule is O=C(Nc1ccc2c(c1)N(CC(=O)N1CCCCC1)C(=O)CO2)c1ccc([N+](=O)[O-])cc1. The number of rotatable bonds is 5. The third-order valence-electron chi connectivity index (χ3n) is 5.50. The molecule has 1 N–H and O–H groups in total. The first kappa shape index (κ1) is 21.3. The highest BCUT2D eigenvalue weighted by Crippen LogP contribution is 2.35. The molecular weight excluding hydrogens is 416 g/mol. The second-order valence-electron chi connectivity index (χ2n) is 7.65. The Labute approximate surface area is 183 Å². The normalized spacial score (nSPS) is 15.6. The van der Waals surface area contributed by atoms with E-state index in [9.17, 15) is 24.5 Å². The van der Waals surface area contributed by atoms with Crippen molar-refractivity contribution in [2.45, 2.75) is 19.3 Å². The van der Waals surface area contributed by atoms with E-state index in [0.717, 1.165) is 19.3 Å². The summed E-state index contributed by atoms with van der Waals surface area (Å²) >= 11 is 0. The van der Waals surface area contributed by atoms with Gasteiger partial charge in [-0.3, -0.25) is 29.4 Å². The summed E-state index contributed by atoms with van der Waals surface area (Å²) in [4.78, 5) is 51.2. The molecule has 10 nitrogen and oxygen atoms in total. The molecule has 2 aliphatic rings. The molecular formula is C22H22N4O6. The molecule has 0 radical (unpaired) electrons. The summed E-state index contributed by atoms with van der Waals surface area (Å²) in [6, 6.07) is 10.1. The average Bonchev–Trinajstić information content (AvgIpc) is 2.81. The van der Waals surface area contributed by atoms with E-state index in [1.165, 1.54) is 29.2 Å². The summed E-state index contributed by atoms with van der Waals surface area (Å²) in [5, 5.41) is 13.5. The van der Waals surface area contributed by atoms with Crippen LogP contribution >= 0.6 is 0 Å². The Morgan fingerprint density at radius 2 is 1.78 bits per heavy atom. The average molecular weight is 438 g/mol. The fourth-order valence-corrected chi connectivity index (χ4v) is 3.77. The number of hydrogen-bond donors (Lipinski definition) is 1. The van der Waals surface area contributed by atoms with Crippen LogP contribution in [0.2, 0.25) is 0 Å². The topological polar surface area (TPSA) is 122 Å². The summed E-state index contributed by atoms with van der Waals surface area (Å²) in [5.74, 6) is -0.462. The highest BCUT2D eigenvalue weighted by molar-refractivity contribution is 6.06. The second kappa shape index (κ2) is 9.04. The van der Waals surface area contributed by atoms with Gasteiger partial charge in [0.2, 0.25) is 5.91 Å².